The molecule has 1 aromatic heterocycles. The van der Waals surface area contributed by atoms with Crippen molar-refractivity contribution in [3.05, 3.63) is 94.9 Å². The molecule has 0 fully saturated rings. The number of hydrogen-bond donors (Lipinski definition) is 3. The van der Waals surface area contributed by atoms with E-state index in [0.717, 1.165) is 16.3 Å². The maximum Gasteiger partial charge on any atom is 0.291 e. The first-order valence-corrected chi connectivity index (χ1v) is 10.5. The van der Waals surface area contributed by atoms with Crippen molar-refractivity contribution in [2.45, 2.75) is 6.92 Å². The predicted octanol–water partition coefficient (Wildman–Crippen LogP) is 5.77. The van der Waals surface area contributed by atoms with Gasteiger partial charge in [-0.3, -0.25) is 14.9 Å². The molecule has 160 valence electrons. The van der Waals surface area contributed by atoms with Gasteiger partial charge in [0.2, 0.25) is 0 Å². The van der Waals surface area contributed by atoms with Crippen molar-refractivity contribution in [2.24, 2.45) is 0 Å². The highest BCUT2D eigenvalue weighted by Gasteiger charge is 2.14. The number of aryl methyl sites for hydroxylation is 1. The minimum Gasteiger partial charge on any atom is -0.459 e. The number of halogens is 1. The van der Waals surface area contributed by atoms with E-state index in [2.05, 4.69) is 16.0 Å². The second-order valence-corrected chi connectivity index (χ2v) is 7.83. The lowest BCUT2D eigenvalue weighted by atomic mass is 10.0. The summed E-state index contributed by atoms with van der Waals surface area (Å²) in [7, 11) is 0. The Morgan fingerprint density at radius 3 is 2.44 bits per heavy atom. The molecule has 4 rings (SSSR count). The van der Waals surface area contributed by atoms with Crippen molar-refractivity contribution in [2.75, 3.05) is 10.6 Å². The van der Waals surface area contributed by atoms with E-state index >= 15 is 0 Å². The molecule has 0 radical (unpaired) electrons. The number of hydrogen-bond acceptors (Lipinski definition) is 4. The molecule has 0 aliphatic carbocycles. The van der Waals surface area contributed by atoms with E-state index in [1.807, 2.05) is 25.1 Å². The zero-order valence-corrected chi connectivity index (χ0v) is 18.5. The Morgan fingerprint density at radius 1 is 0.906 bits per heavy atom. The number of anilines is 2. The molecular weight excluding hydrogens is 446 g/mol. The molecule has 8 heteroatoms. The summed E-state index contributed by atoms with van der Waals surface area (Å²) in [6, 6.07) is 19.3. The van der Waals surface area contributed by atoms with E-state index in [4.69, 9.17) is 28.2 Å². The SMILES string of the molecule is Cc1cc(NC(=S)NC(=O)c2cccc3c(Cl)cccc23)ccc1NC(=O)c1ccco1. The minimum absolute atomic E-state index is 0.154. The van der Waals surface area contributed by atoms with Crippen LogP contribution in [-0.4, -0.2) is 16.9 Å². The second kappa shape index (κ2) is 9.21. The smallest absolute Gasteiger partial charge is 0.291 e. The first kappa shape index (κ1) is 21.5. The van der Waals surface area contributed by atoms with Crippen LogP contribution >= 0.6 is 23.8 Å². The molecule has 2 amide bonds. The van der Waals surface area contributed by atoms with Crippen LogP contribution in [0.4, 0.5) is 11.4 Å². The summed E-state index contributed by atoms with van der Waals surface area (Å²) in [5.74, 6) is -0.448. The van der Waals surface area contributed by atoms with Crippen molar-refractivity contribution in [3.8, 4) is 0 Å². The number of carbonyl (C=O) groups is 2. The van der Waals surface area contributed by atoms with Gasteiger partial charge < -0.3 is 15.1 Å². The maximum atomic E-state index is 12.8. The first-order chi connectivity index (χ1) is 15.4. The van der Waals surface area contributed by atoms with Gasteiger partial charge in [0.05, 0.1) is 6.26 Å². The summed E-state index contributed by atoms with van der Waals surface area (Å²) in [6.07, 6.45) is 1.44. The van der Waals surface area contributed by atoms with Gasteiger partial charge in [0.25, 0.3) is 11.8 Å². The van der Waals surface area contributed by atoms with Crippen molar-refractivity contribution >= 4 is 62.9 Å². The Hall–Kier alpha value is -3.68. The first-order valence-electron chi connectivity index (χ1n) is 9.67. The van der Waals surface area contributed by atoms with Gasteiger partial charge >= 0.3 is 0 Å². The number of nitrogens with one attached hydrogen (secondary N) is 3. The zero-order valence-electron chi connectivity index (χ0n) is 16.9. The lowest BCUT2D eigenvalue weighted by molar-refractivity contribution is 0.0976. The molecule has 3 N–H and O–H groups in total. The Kier molecular flexibility index (Phi) is 6.20. The number of amides is 2. The van der Waals surface area contributed by atoms with Gasteiger partial charge in [0.1, 0.15) is 0 Å². The van der Waals surface area contributed by atoms with Crippen molar-refractivity contribution < 1.29 is 14.0 Å². The summed E-state index contributed by atoms with van der Waals surface area (Å²) in [6.45, 7) is 1.85. The van der Waals surface area contributed by atoms with Gasteiger partial charge in [0.15, 0.2) is 10.9 Å². The number of carbonyl (C=O) groups excluding carboxylic acids is 2. The average molecular weight is 464 g/mol. The van der Waals surface area contributed by atoms with Gasteiger partial charge in [-0.15, -0.1) is 0 Å². The fourth-order valence-electron chi connectivity index (χ4n) is 3.28. The van der Waals surface area contributed by atoms with Crippen LogP contribution < -0.4 is 16.0 Å². The quantitative estimate of drug-likeness (QED) is 0.334. The monoisotopic (exact) mass is 463 g/mol. The van der Waals surface area contributed by atoms with Gasteiger partial charge in [-0.1, -0.05) is 35.9 Å². The van der Waals surface area contributed by atoms with Crippen LogP contribution in [0.25, 0.3) is 10.8 Å². The van der Waals surface area contributed by atoms with Crippen LogP contribution in [0.15, 0.2) is 77.4 Å². The Morgan fingerprint density at radius 2 is 1.69 bits per heavy atom. The summed E-state index contributed by atoms with van der Waals surface area (Å²) in [5, 5.41) is 10.8. The highest BCUT2D eigenvalue weighted by molar-refractivity contribution is 7.80. The van der Waals surface area contributed by atoms with Gasteiger partial charge in [-0.25, -0.2) is 0 Å². The van der Waals surface area contributed by atoms with Crippen molar-refractivity contribution in [3.63, 3.8) is 0 Å². The second-order valence-electron chi connectivity index (χ2n) is 7.01. The van der Waals surface area contributed by atoms with E-state index in [1.54, 1.807) is 48.5 Å². The Bertz CT molecular complexity index is 1340. The Labute approximate surface area is 194 Å². The number of benzene rings is 3. The predicted molar refractivity (Wildman–Crippen MR) is 130 cm³/mol. The topological polar surface area (TPSA) is 83.4 Å². The zero-order chi connectivity index (χ0) is 22.7. The van der Waals surface area contributed by atoms with Crippen LogP contribution in [-0.2, 0) is 0 Å². The number of thiocarbonyl (C=S) groups is 1. The largest absolute Gasteiger partial charge is 0.459 e. The van der Waals surface area contributed by atoms with E-state index in [9.17, 15) is 9.59 Å². The molecule has 0 unspecified atom stereocenters. The molecule has 0 atom stereocenters. The van der Waals surface area contributed by atoms with E-state index in [-0.39, 0.29) is 22.7 Å². The molecule has 0 aliphatic rings. The van der Waals surface area contributed by atoms with Crippen molar-refractivity contribution in [1.29, 1.82) is 0 Å². The van der Waals surface area contributed by atoms with Gasteiger partial charge in [-0.2, -0.15) is 0 Å². The van der Waals surface area contributed by atoms with Crippen LogP contribution in [0.3, 0.4) is 0 Å². The number of rotatable bonds is 4. The minimum atomic E-state index is -0.339. The van der Waals surface area contributed by atoms with E-state index < -0.39 is 0 Å². The van der Waals surface area contributed by atoms with Crippen LogP contribution in [0.5, 0.6) is 0 Å². The molecule has 0 aliphatic heterocycles. The van der Waals surface area contributed by atoms with Gasteiger partial charge in [-0.05, 0) is 72.6 Å². The molecule has 0 bridgehead atoms. The number of fused-ring (bicyclic) bond motifs is 1. The summed E-state index contributed by atoms with van der Waals surface area (Å²) < 4.78 is 5.10. The fourth-order valence-corrected chi connectivity index (χ4v) is 3.72. The lowest BCUT2D eigenvalue weighted by Gasteiger charge is -2.13. The molecule has 1 heterocycles. The summed E-state index contributed by atoms with van der Waals surface area (Å²) in [4.78, 5) is 25.0. The highest BCUT2D eigenvalue weighted by Crippen LogP contribution is 2.26. The standard InChI is InChI=1S/C24H18ClN3O3S/c1-14-13-15(10-11-20(14)27-23(30)21-9-4-12-31-21)26-24(32)28-22(29)18-7-2-6-17-16(18)5-3-8-19(17)25/h2-13H,1H3,(H,27,30)(H2,26,28,29,32). The molecule has 6 nitrogen and oxygen atoms in total. The third-order valence-corrected chi connectivity index (χ3v) is 5.35. The molecule has 0 saturated heterocycles. The van der Waals surface area contributed by atoms with Crippen LogP contribution in [0.1, 0.15) is 26.5 Å². The van der Waals surface area contributed by atoms with Crippen LogP contribution in [0, 0.1) is 6.92 Å². The van der Waals surface area contributed by atoms with Gasteiger partial charge in [0, 0.05) is 27.3 Å². The third kappa shape index (κ3) is 4.64. The molecular formula is C24H18ClN3O3S. The highest BCUT2D eigenvalue weighted by atomic mass is 35.5. The lowest BCUT2D eigenvalue weighted by Crippen LogP contribution is -2.34. The molecule has 4 aromatic rings. The third-order valence-electron chi connectivity index (χ3n) is 4.82. The average Bonchev–Trinajstić information content (AvgIpc) is 3.30. The Balaban J connectivity index is 1.43. The normalized spacial score (nSPS) is 10.6. The van der Waals surface area contributed by atoms with E-state index in [1.165, 1.54) is 6.26 Å². The molecule has 0 spiro atoms. The molecule has 32 heavy (non-hydrogen) atoms. The number of furan rings is 1. The van der Waals surface area contributed by atoms with Crippen molar-refractivity contribution in [1.82, 2.24) is 5.32 Å². The molecule has 0 saturated carbocycles. The summed E-state index contributed by atoms with van der Waals surface area (Å²) >= 11 is 11.5. The van der Waals surface area contributed by atoms with E-state index in [0.29, 0.717) is 22.0 Å². The summed E-state index contributed by atoms with van der Waals surface area (Å²) in [5.41, 5.74) is 2.60. The maximum absolute atomic E-state index is 12.8. The molecule has 3 aromatic carbocycles. The van der Waals surface area contributed by atoms with Crippen LogP contribution in [0.2, 0.25) is 5.02 Å². The fraction of sp³-hybridized carbons (Fsp3) is 0.0417.